The molecule has 0 saturated heterocycles. The lowest BCUT2D eigenvalue weighted by Gasteiger charge is -2.25. The van der Waals surface area contributed by atoms with Crippen molar-refractivity contribution in [1.29, 1.82) is 0 Å². The second-order valence-corrected chi connectivity index (χ2v) is 14.4. The smallest absolute Gasteiger partial charge is 0.234 e. The molecule has 0 fully saturated rings. The Balaban J connectivity index is 2.34. The molecule has 0 amide bonds. The quantitative estimate of drug-likeness (QED) is 0.348. The summed E-state index contributed by atoms with van der Waals surface area (Å²) >= 11 is 0. The van der Waals surface area contributed by atoms with Gasteiger partial charge >= 0.3 is 0 Å². The lowest BCUT2D eigenvalue weighted by Crippen LogP contribution is -2.34. The van der Waals surface area contributed by atoms with Crippen LogP contribution in [0.25, 0.3) is 11.0 Å². The van der Waals surface area contributed by atoms with Crippen LogP contribution in [0, 0.1) is 0 Å². The summed E-state index contributed by atoms with van der Waals surface area (Å²) < 4.78 is 31.3. The second-order valence-electron chi connectivity index (χ2n) is 6.89. The molecule has 2 rings (SSSR count). The predicted molar refractivity (Wildman–Crippen MR) is 100 cm³/mol. The molecule has 1 heterocycles. The molecular weight excluding hydrogens is 344 g/mol. The van der Waals surface area contributed by atoms with E-state index >= 15 is 0 Å². The van der Waals surface area contributed by atoms with Crippen molar-refractivity contribution in [2.45, 2.75) is 25.7 Å². The van der Waals surface area contributed by atoms with E-state index in [0.29, 0.717) is 29.0 Å². The zero-order chi connectivity index (χ0) is 18.0. The fourth-order valence-electron chi connectivity index (χ4n) is 2.15. The van der Waals surface area contributed by atoms with Crippen LogP contribution in [-0.2, 0) is 14.8 Å². The SMILES string of the molecule is C[Si](C)(C)CCOCN(c1c(N)ccc2nccnc12)S(C)(=O)=O. The maximum absolute atomic E-state index is 12.3. The Labute approximate surface area is 143 Å². The van der Waals surface area contributed by atoms with Crippen molar-refractivity contribution < 1.29 is 13.2 Å². The van der Waals surface area contributed by atoms with E-state index in [-0.39, 0.29) is 6.73 Å². The van der Waals surface area contributed by atoms with Crippen molar-refractivity contribution in [1.82, 2.24) is 9.97 Å². The highest BCUT2D eigenvalue weighted by molar-refractivity contribution is 7.92. The van der Waals surface area contributed by atoms with Crippen molar-refractivity contribution in [3.63, 3.8) is 0 Å². The number of nitrogens with two attached hydrogens (primary N) is 1. The van der Waals surface area contributed by atoms with Crippen LogP contribution in [0.15, 0.2) is 24.5 Å². The Kier molecular flexibility index (Phi) is 5.46. The minimum Gasteiger partial charge on any atom is -0.397 e. The van der Waals surface area contributed by atoms with Crippen molar-refractivity contribution in [3.05, 3.63) is 24.5 Å². The fraction of sp³-hybridized carbons (Fsp3) is 0.467. The molecule has 0 bridgehead atoms. The van der Waals surface area contributed by atoms with Crippen LogP contribution < -0.4 is 10.0 Å². The summed E-state index contributed by atoms with van der Waals surface area (Å²) in [5.41, 5.74) is 7.69. The molecular formula is C15H24N4O3SSi. The first-order valence-electron chi connectivity index (χ1n) is 7.64. The van der Waals surface area contributed by atoms with E-state index in [1.165, 1.54) is 6.20 Å². The molecule has 0 unspecified atom stereocenters. The average molecular weight is 369 g/mol. The number of hydrogen-bond acceptors (Lipinski definition) is 6. The Morgan fingerprint density at radius 2 is 1.88 bits per heavy atom. The van der Waals surface area contributed by atoms with Gasteiger partial charge in [0.2, 0.25) is 10.0 Å². The summed E-state index contributed by atoms with van der Waals surface area (Å²) in [5, 5.41) is 0. The molecule has 0 aliphatic rings. The van der Waals surface area contributed by atoms with Crippen molar-refractivity contribution in [3.8, 4) is 0 Å². The van der Waals surface area contributed by atoms with Gasteiger partial charge in [-0.15, -0.1) is 0 Å². The molecule has 1 aromatic carbocycles. The van der Waals surface area contributed by atoms with E-state index in [0.717, 1.165) is 16.6 Å². The topological polar surface area (TPSA) is 98.4 Å². The summed E-state index contributed by atoms with van der Waals surface area (Å²) in [6.45, 7) is 7.14. The predicted octanol–water partition coefficient (Wildman–Crippen LogP) is 2.29. The molecule has 2 aromatic rings. The van der Waals surface area contributed by atoms with E-state index in [4.69, 9.17) is 10.5 Å². The van der Waals surface area contributed by atoms with Crippen LogP contribution in [0.3, 0.4) is 0 Å². The van der Waals surface area contributed by atoms with Gasteiger partial charge in [-0.25, -0.2) is 12.7 Å². The summed E-state index contributed by atoms with van der Waals surface area (Å²) in [6.07, 6.45) is 4.19. The third-order valence-corrected chi connectivity index (χ3v) is 6.29. The molecule has 132 valence electrons. The van der Waals surface area contributed by atoms with Gasteiger partial charge in [-0.1, -0.05) is 19.6 Å². The highest BCUT2D eigenvalue weighted by atomic mass is 32.2. The molecule has 2 N–H and O–H groups in total. The van der Waals surface area contributed by atoms with Crippen molar-refractivity contribution in [2.24, 2.45) is 0 Å². The van der Waals surface area contributed by atoms with Crippen LogP contribution in [0.4, 0.5) is 11.4 Å². The van der Waals surface area contributed by atoms with E-state index in [9.17, 15) is 8.42 Å². The first-order valence-corrected chi connectivity index (χ1v) is 13.2. The molecule has 1 aromatic heterocycles. The molecule has 0 aliphatic carbocycles. The van der Waals surface area contributed by atoms with Crippen LogP contribution in [0.5, 0.6) is 0 Å². The maximum Gasteiger partial charge on any atom is 0.234 e. The zero-order valence-electron chi connectivity index (χ0n) is 14.5. The molecule has 0 saturated carbocycles. The molecule has 0 radical (unpaired) electrons. The normalized spacial score (nSPS) is 12.5. The number of rotatable bonds is 7. The molecule has 7 nitrogen and oxygen atoms in total. The van der Waals surface area contributed by atoms with Crippen LogP contribution >= 0.6 is 0 Å². The summed E-state index contributed by atoms with van der Waals surface area (Å²) in [6, 6.07) is 4.30. The Morgan fingerprint density at radius 1 is 1.21 bits per heavy atom. The van der Waals surface area contributed by atoms with Crippen LogP contribution in [0.2, 0.25) is 25.7 Å². The van der Waals surface area contributed by atoms with Gasteiger partial charge in [-0.3, -0.25) is 9.97 Å². The Morgan fingerprint density at radius 3 is 2.50 bits per heavy atom. The van der Waals surface area contributed by atoms with E-state index in [1.807, 2.05) is 0 Å². The molecule has 24 heavy (non-hydrogen) atoms. The van der Waals surface area contributed by atoms with E-state index in [1.54, 1.807) is 18.3 Å². The monoisotopic (exact) mass is 368 g/mol. The number of nitrogen functional groups attached to an aromatic ring is 1. The molecule has 9 heteroatoms. The first-order chi connectivity index (χ1) is 11.1. The molecule has 0 aliphatic heterocycles. The minimum atomic E-state index is -3.58. The number of aromatic nitrogens is 2. The van der Waals surface area contributed by atoms with Gasteiger partial charge in [0.1, 0.15) is 17.9 Å². The average Bonchev–Trinajstić information content (AvgIpc) is 2.46. The fourth-order valence-corrected chi connectivity index (χ4v) is 3.70. The van der Waals surface area contributed by atoms with E-state index < -0.39 is 18.1 Å². The number of sulfonamides is 1. The van der Waals surface area contributed by atoms with Gasteiger partial charge in [0.05, 0.1) is 17.5 Å². The van der Waals surface area contributed by atoms with Gasteiger partial charge in [0.15, 0.2) is 0 Å². The highest BCUT2D eigenvalue weighted by Crippen LogP contribution is 2.32. The van der Waals surface area contributed by atoms with Gasteiger partial charge in [0.25, 0.3) is 0 Å². The lowest BCUT2D eigenvalue weighted by atomic mass is 10.2. The van der Waals surface area contributed by atoms with Crippen molar-refractivity contribution >= 4 is 40.5 Å². The summed E-state index contributed by atoms with van der Waals surface area (Å²) in [5.74, 6) is 0. The van der Waals surface area contributed by atoms with E-state index in [2.05, 4.69) is 29.6 Å². The zero-order valence-corrected chi connectivity index (χ0v) is 16.3. The van der Waals surface area contributed by atoms with Gasteiger partial charge in [0, 0.05) is 27.1 Å². The summed E-state index contributed by atoms with van der Waals surface area (Å²) in [4.78, 5) is 8.45. The first kappa shape index (κ1) is 18.6. The maximum atomic E-state index is 12.3. The standard InChI is InChI=1S/C15H24N4O3SSi/c1-23(20,21)19(11-22-9-10-24(2,3)4)15-12(16)5-6-13-14(15)18-8-7-17-13/h5-8H,9-11,16H2,1-4H3. The number of fused-ring (bicyclic) bond motifs is 1. The number of anilines is 2. The molecule has 0 atom stereocenters. The van der Waals surface area contributed by atoms with Crippen LogP contribution in [-0.4, -0.2) is 46.1 Å². The number of benzene rings is 1. The lowest BCUT2D eigenvalue weighted by molar-refractivity contribution is 0.156. The Bertz CT molecular complexity index is 821. The third-order valence-electron chi connectivity index (χ3n) is 3.50. The number of hydrogen-bond donors (Lipinski definition) is 1. The van der Waals surface area contributed by atoms with Crippen molar-refractivity contribution in [2.75, 3.05) is 29.6 Å². The van der Waals surface area contributed by atoms with Gasteiger partial charge in [-0.2, -0.15) is 0 Å². The van der Waals surface area contributed by atoms with Crippen LogP contribution in [0.1, 0.15) is 0 Å². The Hall–Kier alpha value is -1.71. The van der Waals surface area contributed by atoms with Gasteiger partial charge < -0.3 is 10.5 Å². The number of nitrogens with zero attached hydrogens (tertiary/aromatic N) is 3. The number of ether oxygens (including phenoxy) is 1. The minimum absolute atomic E-state index is 0.0940. The largest absolute Gasteiger partial charge is 0.397 e. The summed E-state index contributed by atoms with van der Waals surface area (Å²) in [7, 11) is -4.82. The molecule has 0 spiro atoms. The second kappa shape index (κ2) is 7.04. The van der Waals surface area contributed by atoms with Gasteiger partial charge in [-0.05, 0) is 18.2 Å². The highest BCUT2D eigenvalue weighted by Gasteiger charge is 2.24. The third kappa shape index (κ3) is 4.65.